The molecule has 3 aromatic heterocycles. The minimum atomic E-state index is 0.0352. The predicted molar refractivity (Wildman–Crippen MR) is 133 cm³/mol. The van der Waals surface area contributed by atoms with Gasteiger partial charge in [0.25, 0.3) is 0 Å². The molecule has 1 N–H and O–H groups in total. The molecule has 0 amide bonds. The number of hydrogen-bond acceptors (Lipinski definition) is 6. The van der Waals surface area contributed by atoms with Crippen molar-refractivity contribution in [3.05, 3.63) is 70.7 Å². The molecule has 5 rings (SSSR count). The summed E-state index contributed by atoms with van der Waals surface area (Å²) in [5, 5.41) is 14.1. The van der Waals surface area contributed by atoms with Gasteiger partial charge in [-0.05, 0) is 65.3 Å². The maximum absolute atomic E-state index is 13.7. The molecule has 2 atom stereocenters. The highest BCUT2D eigenvalue weighted by atomic mass is 16.5. The van der Waals surface area contributed by atoms with E-state index in [0.29, 0.717) is 12.4 Å². The molecule has 0 saturated heterocycles. The number of H-pyrrole nitrogens is 1. The molecule has 182 valence electrons. The van der Waals surface area contributed by atoms with E-state index >= 15 is 0 Å². The summed E-state index contributed by atoms with van der Waals surface area (Å²) < 4.78 is 9.55. The molecule has 0 radical (unpaired) electrons. The third-order valence-corrected chi connectivity index (χ3v) is 7.00. The highest BCUT2D eigenvalue weighted by molar-refractivity contribution is 5.69. The molecular formula is C26H31N7O2. The van der Waals surface area contributed by atoms with Crippen LogP contribution in [0.5, 0.6) is 0 Å². The third-order valence-electron chi connectivity index (χ3n) is 7.00. The molecule has 35 heavy (non-hydrogen) atoms. The minimum Gasteiger partial charge on any atom is -0.379 e. The van der Waals surface area contributed by atoms with Crippen LogP contribution in [0.15, 0.2) is 53.7 Å². The van der Waals surface area contributed by atoms with Crippen LogP contribution in [0.4, 0.5) is 0 Å². The number of pyridine rings is 1. The highest BCUT2D eigenvalue weighted by Gasteiger charge is 2.31. The summed E-state index contributed by atoms with van der Waals surface area (Å²) in [7, 11) is 1.75. The summed E-state index contributed by atoms with van der Waals surface area (Å²) in [5.41, 5.74) is 5.13. The standard InChI is InChI=1S/C26H31N7O2/c1-3-4-6-21-17-33(23-7-5-8-24(23)35-2)26(34)32(21)16-20-15-27-14-13-22(20)18-9-11-19(12-10-18)25-28-30-31-29-25/h9-15,17,23-24H,3-8,16H2,1-2H3,(H,28,29,30,31). The first-order chi connectivity index (χ1) is 17.2. The van der Waals surface area contributed by atoms with E-state index < -0.39 is 0 Å². The number of aryl methyl sites for hydroxylation is 1. The van der Waals surface area contributed by atoms with Crippen LogP contribution in [0.3, 0.4) is 0 Å². The summed E-state index contributed by atoms with van der Waals surface area (Å²) in [6.07, 6.45) is 11.9. The van der Waals surface area contributed by atoms with Crippen molar-refractivity contribution in [2.75, 3.05) is 7.11 Å². The Morgan fingerprint density at radius 3 is 2.71 bits per heavy atom. The van der Waals surface area contributed by atoms with Crippen LogP contribution >= 0.6 is 0 Å². The lowest BCUT2D eigenvalue weighted by molar-refractivity contribution is 0.0737. The smallest absolute Gasteiger partial charge is 0.329 e. The minimum absolute atomic E-state index is 0.0352. The zero-order valence-corrected chi connectivity index (χ0v) is 20.2. The van der Waals surface area contributed by atoms with Gasteiger partial charge in [-0.1, -0.05) is 37.6 Å². The van der Waals surface area contributed by atoms with Crippen LogP contribution in [0, 0.1) is 0 Å². The molecule has 2 unspecified atom stereocenters. The maximum Gasteiger partial charge on any atom is 0.329 e. The molecule has 0 spiro atoms. The quantitative estimate of drug-likeness (QED) is 0.394. The van der Waals surface area contributed by atoms with Crippen LogP contribution in [0.1, 0.15) is 56.3 Å². The second-order valence-corrected chi connectivity index (χ2v) is 9.13. The molecular weight excluding hydrogens is 442 g/mol. The Bertz CT molecular complexity index is 1310. The first-order valence-corrected chi connectivity index (χ1v) is 12.3. The summed E-state index contributed by atoms with van der Waals surface area (Å²) in [6, 6.07) is 10.2. The van der Waals surface area contributed by atoms with Crippen molar-refractivity contribution in [1.29, 1.82) is 0 Å². The van der Waals surface area contributed by atoms with Gasteiger partial charge in [-0.2, -0.15) is 0 Å². The van der Waals surface area contributed by atoms with Crippen molar-refractivity contribution < 1.29 is 4.74 Å². The van der Waals surface area contributed by atoms with E-state index in [4.69, 9.17) is 4.74 Å². The number of aromatic amines is 1. The third kappa shape index (κ3) is 4.68. The van der Waals surface area contributed by atoms with Crippen molar-refractivity contribution in [3.8, 4) is 22.5 Å². The molecule has 4 aromatic rings. The molecule has 9 heteroatoms. The van der Waals surface area contributed by atoms with Gasteiger partial charge >= 0.3 is 5.69 Å². The first-order valence-electron chi connectivity index (χ1n) is 12.3. The average Bonchev–Trinajstić information content (AvgIpc) is 3.65. The maximum atomic E-state index is 13.7. The van der Waals surface area contributed by atoms with Gasteiger partial charge in [-0.3, -0.25) is 14.1 Å². The van der Waals surface area contributed by atoms with Crippen molar-refractivity contribution in [2.24, 2.45) is 0 Å². The van der Waals surface area contributed by atoms with Gasteiger partial charge in [0.15, 0.2) is 5.82 Å². The number of benzene rings is 1. The number of rotatable bonds is 9. The number of ether oxygens (including phenoxy) is 1. The molecule has 1 aromatic carbocycles. The number of nitrogens with zero attached hydrogens (tertiary/aromatic N) is 6. The van der Waals surface area contributed by atoms with E-state index in [2.05, 4.69) is 38.7 Å². The lowest BCUT2D eigenvalue weighted by Gasteiger charge is -2.18. The van der Waals surface area contributed by atoms with Gasteiger partial charge in [0.1, 0.15) is 0 Å². The second kappa shape index (κ2) is 10.4. The summed E-state index contributed by atoms with van der Waals surface area (Å²) in [6.45, 7) is 2.65. The Kier molecular flexibility index (Phi) is 6.85. The van der Waals surface area contributed by atoms with Crippen LogP contribution in [-0.4, -0.2) is 48.0 Å². The van der Waals surface area contributed by atoms with Crippen LogP contribution in [-0.2, 0) is 17.7 Å². The molecule has 9 nitrogen and oxygen atoms in total. The largest absolute Gasteiger partial charge is 0.379 e. The summed E-state index contributed by atoms with van der Waals surface area (Å²) in [5.74, 6) is 0.626. The van der Waals surface area contributed by atoms with E-state index in [1.807, 2.05) is 45.7 Å². The molecule has 1 fully saturated rings. The van der Waals surface area contributed by atoms with Crippen molar-refractivity contribution in [3.63, 3.8) is 0 Å². The van der Waals surface area contributed by atoms with E-state index in [1.165, 1.54) is 0 Å². The Labute approximate surface area is 204 Å². The zero-order chi connectivity index (χ0) is 24.2. The molecule has 3 heterocycles. The van der Waals surface area contributed by atoms with Gasteiger partial charge < -0.3 is 4.74 Å². The van der Waals surface area contributed by atoms with Gasteiger partial charge in [0.05, 0.1) is 18.7 Å². The fourth-order valence-corrected chi connectivity index (χ4v) is 5.11. The van der Waals surface area contributed by atoms with Crippen LogP contribution in [0.25, 0.3) is 22.5 Å². The number of unbranched alkanes of at least 4 members (excludes halogenated alkanes) is 1. The van der Waals surface area contributed by atoms with Crippen LogP contribution in [0.2, 0.25) is 0 Å². The number of hydrogen-bond donors (Lipinski definition) is 1. The summed E-state index contributed by atoms with van der Waals surface area (Å²) in [4.78, 5) is 18.0. The van der Waals surface area contributed by atoms with Gasteiger partial charge in [0.2, 0.25) is 0 Å². The Morgan fingerprint density at radius 2 is 1.97 bits per heavy atom. The molecule has 0 aliphatic heterocycles. The lowest BCUT2D eigenvalue weighted by atomic mass is 10.00. The fourth-order valence-electron chi connectivity index (χ4n) is 5.11. The molecule has 1 aliphatic carbocycles. The predicted octanol–water partition coefficient (Wildman–Crippen LogP) is 4.02. The Morgan fingerprint density at radius 1 is 1.14 bits per heavy atom. The van der Waals surface area contributed by atoms with E-state index in [0.717, 1.165) is 66.5 Å². The monoisotopic (exact) mass is 473 g/mol. The van der Waals surface area contributed by atoms with Crippen LogP contribution < -0.4 is 5.69 Å². The number of imidazole rings is 1. The van der Waals surface area contributed by atoms with Gasteiger partial charge in [-0.25, -0.2) is 9.89 Å². The molecule has 0 bridgehead atoms. The topological polar surface area (TPSA) is 104 Å². The Hall–Kier alpha value is -3.59. The van der Waals surface area contributed by atoms with Crippen molar-refractivity contribution in [2.45, 2.75) is 64.1 Å². The number of aromatic nitrogens is 7. The normalized spacial score (nSPS) is 17.8. The van der Waals surface area contributed by atoms with Gasteiger partial charge in [0, 0.05) is 37.0 Å². The second-order valence-electron chi connectivity index (χ2n) is 9.13. The van der Waals surface area contributed by atoms with E-state index in [9.17, 15) is 4.79 Å². The summed E-state index contributed by atoms with van der Waals surface area (Å²) >= 11 is 0. The number of methoxy groups -OCH3 is 1. The van der Waals surface area contributed by atoms with Crippen molar-refractivity contribution in [1.82, 2.24) is 34.7 Å². The molecule has 1 saturated carbocycles. The highest BCUT2D eigenvalue weighted by Crippen LogP contribution is 2.32. The Balaban J connectivity index is 1.49. The SMILES string of the molecule is CCCCc1cn(C2CCCC2OC)c(=O)n1Cc1cnccc1-c1ccc(-c2nnn[nH]2)cc1. The number of nitrogens with one attached hydrogen (secondary N) is 1. The lowest BCUT2D eigenvalue weighted by Crippen LogP contribution is -2.32. The fraction of sp³-hybridized carbons (Fsp3) is 0.423. The van der Waals surface area contributed by atoms with Crippen molar-refractivity contribution >= 4 is 0 Å². The van der Waals surface area contributed by atoms with E-state index in [1.54, 1.807) is 13.3 Å². The first kappa shape index (κ1) is 23.2. The zero-order valence-electron chi connectivity index (χ0n) is 20.2. The van der Waals surface area contributed by atoms with E-state index in [-0.39, 0.29) is 17.8 Å². The molecule has 1 aliphatic rings. The van der Waals surface area contributed by atoms with Gasteiger partial charge in [-0.15, -0.1) is 5.10 Å². The number of tetrazole rings is 1. The average molecular weight is 474 g/mol.